The van der Waals surface area contributed by atoms with Gasteiger partial charge in [-0.3, -0.25) is 4.79 Å². The first-order valence-electron chi connectivity index (χ1n) is 4.40. The van der Waals surface area contributed by atoms with Gasteiger partial charge >= 0.3 is 0 Å². The number of hydrogen-bond acceptors (Lipinski definition) is 3. The topological polar surface area (TPSA) is 69.6 Å². The molecule has 3 N–H and O–H groups in total. The number of benzene rings is 1. The summed E-state index contributed by atoms with van der Waals surface area (Å²) >= 11 is 0. The Morgan fingerprint density at radius 1 is 1.50 bits per heavy atom. The molecule has 0 saturated heterocycles. The molecule has 0 spiro atoms. The molecule has 0 unspecified atom stereocenters. The Labute approximate surface area is 82.2 Å². The summed E-state index contributed by atoms with van der Waals surface area (Å²) < 4.78 is 0. The Balaban J connectivity index is 2.83. The predicted molar refractivity (Wildman–Crippen MR) is 53.0 cm³/mol. The SMILES string of the molecule is CCC(=O)Nc1ccc(CO)cc1O. The molecular formula is C10H13NO3. The molecule has 1 aromatic rings. The van der Waals surface area contributed by atoms with Crippen LogP contribution in [0.25, 0.3) is 0 Å². The van der Waals surface area contributed by atoms with Crippen LogP contribution in [0.15, 0.2) is 18.2 Å². The molecular weight excluding hydrogens is 182 g/mol. The molecule has 1 aromatic carbocycles. The van der Waals surface area contributed by atoms with E-state index in [-0.39, 0.29) is 18.3 Å². The van der Waals surface area contributed by atoms with Gasteiger partial charge in [0, 0.05) is 6.42 Å². The molecule has 1 amide bonds. The lowest BCUT2D eigenvalue weighted by atomic mass is 10.2. The van der Waals surface area contributed by atoms with E-state index in [0.717, 1.165) is 0 Å². The number of nitrogens with one attached hydrogen (secondary N) is 1. The number of aromatic hydroxyl groups is 1. The van der Waals surface area contributed by atoms with Crippen LogP contribution in [-0.2, 0) is 11.4 Å². The number of phenolic OH excluding ortho intramolecular Hbond substituents is 1. The van der Waals surface area contributed by atoms with Crippen LogP contribution < -0.4 is 5.32 Å². The molecule has 0 saturated carbocycles. The molecule has 0 bridgehead atoms. The minimum absolute atomic E-state index is 0.0293. The fourth-order valence-electron chi connectivity index (χ4n) is 1.02. The molecule has 0 atom stereocenters. The Bertz CT molecular complexity index is 336. The third kappa shape index (κ3) is 2.47. The van der Waals surface area contributed by atoms with E-state index in [1.807, 2.05) is 0 Å². The number of anilines is 1. The van der Waals surface area contributed by atoms with Crippen molar-refractivity contribution in [2.45, 2.75) is 20.0 Å². The van der Waals surface area contributed by atoms with Gasteiger partial charge in [-0.05, 0) is 17.7 Å². The predicted octanol–water partition coefficient (Wildman–Crippen LogP) is 1.23. The molecule has 1 rings (SSSR count). The third-order valence-electron chi connectivity index (χ3n) is 1.84. The lowest BCUT2D eigenvalue weighted by Crippen LogP contribution is -2.09. The van der Waals surface area contributed by atoms with E-state index in [2.05, 4.69) is 5.32 Å². The maximum Gasteiger partial charge on any atom is 0.224 e. The van der Waals surface area contributed by atoms with Gasteiger partial charge in [-0.15, -0.1) is 0 Å². The summed E-state index contributed by atoms with van der Waals surface area (Å²) in [5.41, 5.74) is 0.978. The number of hydrogen-bond donors (Lipinski definition) is 3. The highest BCUT2D eigenvalue weighted by atomic mass is 16.3. The molecule has 0 aliphatic heterocycles. The van der Waals surface area contributed by atoms with E-state index in [9.17, 15) is 9.90 Å². The van der Waals surface area contributed by atoms with Crippen LogP contribution in [0, 0.1) is 0 Å². The van der Waals surface area contributed by atoms with Crippen molar-refractivity contribution in [2.24, 2.45) is 0 Å². The van der Waals surface area contributed by atoms with E-state index >= 15 is 0 Å². The van der Waals surface area contributed by atoms with Gasteiger partial charge < -0.3 is 15.5 Å². The van der Waals surface area contributed by atoms with E-state index in [0.29, 0.717) is 17.7 Å². The summed E-state index contributed by atoms with van der Waals surface area (Å²) in [6.07, 6.45) is 0.362. The molecule has 0 fully saturated rings. The van der Waals surface area contributed by atoms with Crippen LogP contribution in [0.4, 0.5) is 5.69 Å². The van der Waals surface area contributed by atoms with Crippen molar-refractivity contribution < 1.29 is 15.0 Å². The van der Waals surface area contributed by atoms with Crippen LogP contribution in [0.5, 0.6) is 5.75 Å². The summed E-state index contributed by atoms with van der Waals surface area (Å²) in [5.74, 6) is -0.185. The summed E-state index contributed by atoms with van der Waals surface area (Å²) in [5, 5.41) is 20.8. The maximum absolute atomic E-state index is 11.0. The highest BCUT2D eigenvalue weighted by Gasteiger charge is 2.04. The molecule has 0 aliphatic rings. The second-order valence-electron chi connectivity index (χ2n) is 2.91. The number of amides is 1. The Kier molecular flexibility index (Phi) is 3.48. The normalized spacial score (nSPS) is 9.86. The highest BCUT2D eigenvalue weighted by molar-refractivity contribution is 5.91. The second-order valence-corrected chi connectivity index (χ2v) is 2.91. The molecule has 4 nitrogen and oxygen atoms in total. The lowest BCUT2D eigenvalue weighted by Gasteiger charge is -2.06. The third-order valence-corrected chi connectivity index (χ3v) is 1.84. The Hall–Kier alpha value is -1.55. The van der Waals surface area contributed by atoms with Crippen molar-refractivity contribution in [1.82, 2.24) is 0 Å². The van der Waals surface area contributed by atoms with Gasteiger partial charge in [0.05, 0.1) is 12.3 Å². The Morgan fingerprint density at radius 3 is 2.71 bits per heavy atom. The minimum Gasteiger partial charge on any atom is -0.506 e. The average Bonchev–Trinajstić information content (AvgIpc) is 2.20. The number of rotatable bonds is 3. The van der Waals surface area contributed by atoms with Crippen LogP contribution in [-0.4, -0.2) is 16.1 Å². The first-order chi connectivity index (χ1) is 6.67. The van der Waals surface area contributed by atoms with Gasteiger partial charge in [0.2, 0.25) is 5.91 Å². The van der Waals surface area contributed by atoms with Crippen molar-refractivity contribution in [1.29, 1.82) is 0 Å². The molecule has 0 radical (unpaired) electrons. The summed E-state index contributed by atoms with van der Waals surface area (Å²) in [7, 11) is 0. The highest BCUT2D eigenvalue weighted by Crippen LogP contribution is 2.24. The van der Waals surface area contributed by atoms with Crippen molar-refractivity contribution in [3.05, 3.63) is 23.8 Å². The van der Waals surface area contributed by atoms with Crippen molar-refractivity contribution in [3.8, 4) is 5.75 Å². The first kappa shape index (κ1) is 10.5. The lowest BCUT2D eigenvalue weighted by molar-refractivity contribution is -0.115. The zero-order chi connectivity index (χ0) is 10.6. The average molecular weight is 195 g/mol. The van der Waals surface area contributed by atoms with E-state index in [1.165, 1.54) is 6.07 Å². The minimum atomic E-state index is -0.156. The summed E-state index contributed by atoms with van der Waals surface area (Å²) in [4.78, 5) is 11.0. The van der Waals surface area contributed by atoms with Gasteiger partial charge in [0.15, 0.2) is 0 Å². The largest absolute Gasteiger partial charge is 0.506 e. The molecule has 14 heavy (non-hydrogen) atoms. The van der Waals surface area contributed by atoms with Crippen LogP contribution in [0.3, 0.4) is 0 Å². The quantitative estimate of drug-likeness (QED) is 0.635. The van der Waals surface area contributed by atoms with Crippen LogP contribution >= 0.6 is 0 Å². The molecule has 0 heterocycles. The molecule has 0 aromatic heterocycles. The first-order valence-corrected chi connectivity index (χ1v) is 4.40. The van der Waals surface area contributed by atoms with Gasteiger partial charge in [-0.2, -0.15) is 0 Å². The monoisotopic (exact) mass is 195 g/mol. The smallest absolute Gasteiger partial charge is 0.224 e. The van der Waals surface area contributed by atoms with E-state index in [1.54, 1.807) is 19.1 Å². The molecule has 0 aliphatic carbocycles. The maximum atomic E-state index is 11.0. The molecule has 4 heteroatoms. The van der Waals surface area contributed by atoms with Crippen molar-refractivity contribution in [3.63, 3.8) is 0 Å². The van der Waals surface area contributed by atoms with Crippen LogP contribution in [0.2, 0.25) is 0 Å². The summed E-state index contributed by atoms with van der Waals surface area (Å²) in [6.45, 7) is 1.60. The van der Waals surface area contributed by atoms with Gasteiger partial charge in [0.1, 0.15) is 5.75 Å². The van der Waals surface area contributed by atoms with Gasteiger partial charge in [0.25, 0.3) is 0 Å². The fourth-order valence-corrected chi connectivity index (χ4v) is 1.02. The Morgan fingerprint density at radius 2 is 2.21 bits per heavy atom. The van der Waals surface area contributed by atoms with Crippen LogP contribution in [0.1, 0.15) is 18.9 Å². The number of phenols is 1. The second kappa shape index (κ2) is 4.62. The van der Waals surface area contributed by atoms with Crippen molar-refractivity contribution >= 4 is 11.6 Å². The number of aliphatic hydroxyl groups is 1. The number of carbonyl (C=O) groups excluding carboxylic acids is 1. The summed E-state index contributed by atoms with van der Waals surface area (Å²) in [6, 6.07) is 4.63. The van der Waals surface area contributed by atoms with E-state index < -0.39 is 0 Å². The van der Waals surface area contributed by atoms with E-state index in [4.69, 9.17) is 5.11 Å². The zero-order valence-corrected chi connectivity index (χ0v) is 7.95. The van der Waals surface area contributed by atoms with Gasteiger partial charge in [-0.25, -0.2) is 0 Å². The fraction of sp³-hybridized carbons (Fsp3) is 0.300. The van der Waals surface area contributed by atoms with Gasteiger partial charge in [-0.1, -0.05) is 13.0 Å². The molecule has 76 valence electrons. The zero-order valence-electron chi connectivity index (χ0n) is 7.95. The number of aliphatic hydroxyl groups excluding tert-OH is 1. The standard InChI is InChI=1S/C10H13NO3/c1-2-10(14)11-8-4-3-7(6-12)5-9(8)13/h3-5,12-13H,2,6H2,1H3,(H,11,14). The number of carbonyl (C=O) groups is 1. The van der Waals surface area contributed by atoms with Crippen molar-refractivity contribution in [2.75, 3.05) is 5.32 Å².